The Bertz CT molecular complexity index is 428. The molecule has 0 N–H and O–H groups in total. The molecule has 0 saturated heterocycles. The van der Waals surface area contributed by atoms with Gasteiger partial charge in [0, 0.05) is 6.61 Å². The first-order valence-electron chi connectivity index (χ1n) is 6.54. The second kappa shape index (κ2) is 9.07. The molecule has 5 heteroatoms. The van der Waals surface area contributed by atoms with E-state index in [1.54, 1.807) is 0 Å². The van der Waals surface area contributed by atoms with Crippen molar-refractivity contribution in [1.29, 1.82) is 0 Å². The van der Waals surface area contributed by atoms with Gasteiger partial charge in [-0.05, 0) is 18.4 Å². The number of ether oxygens (including phenoxy) is 1. The Kier molecular flexibility index (Phi) is 7.70. The van der Waals surface area contributed by atoms with Crippen molar-refractivity contribution in [2.24, 2.45) is 0 Å². The van der Waals surface area contributed by atoms with Gasteiger partial charge in [0.2, 0.25) is 0 Å². The summed E-state index contributed by atoms with van der Waals surface area (Å²) in [5.74, 6) is 0. The zero-order valence-electron chi connectivity index (χ0n) is 11.4. The Balaban J connectivity index is 1.89. The van der Waals surface area contributed by atoms with Crippen LogP contribution in [0.4, 0.5) is 0 Å². The minimum atomic E-state index is -3.28. The monoisotopic (exact) mass is 286 g/mol. The molecule has 0 unspecified atom stereocenters. The highest BCUT2D eigenvalue weighted by atomic mass is 32.2. The fraction of sp³-hybridized carbons (Fsp3) is 0.571. The molecule has 19 heavy (non-hydrogen) atoms. The first-order valence-corrected chi connectivity index (χ1v) is 8.36. The van der Waals surface area contributed by atoms with E-state index in [9.17, 15) is 8.42 Å². The van der Waals surface area contributed by atoms with Gasteiger partial charge in [-0.3, -0.25) is 4.18 Å². The molecule has 0 aliphatic rings. The Labute approximate surface area is 115 Å². The smallest absolute Gasteiger partial charge is 0.264 e. The summed E-state index contributed by atoms with van der Waals surface area (Å²) in [5, 5.41) is 0. The van der Waals surface area contributed by atoms with Crippen molar-refractivity contribution >= 4 is 10.1 Å². The molecule has 0 amide bonds. The molecule has 0 fully saturated rings. The van der Waals surface area contributed by atoms with Gasteiger partial charge in [-0.2, -0.15) is 8.42 Å². The van der Waals surface area contributed by atoms with Crippen LogP contribution in [-0.4, -0.2) is 27.9 Å². The van der Waals surface area contributed by atoms with Crippen LogP contribution in [0, 0.1) is 0 Å². The Hall–Kier alpha value is -0.910. The summed E-state index contributed by atoms with van der Waals surface area (Å²) in [6.07, 6.45) is 4.83. The predicted octanol–water partition coefficient (Wildman–Crippen LogP) is 2.74. The van der Waals surface area contributed by atoms with Gasteiger partial charge in [-0.15, -0.1) is 0 Å². The second-order valence-corrected chi connectivity index (χ2v) is 6.12. The van der Waals surface area contributed by atoms with Crippen molar-refractivity contribution < 1.29 is 17.3 Å². The maximum atomic E-state index is 10.7. The molecule has 0 heterocycles. The van der Waals surface area contributed by atoms with Crippen molar-refractivity contribution in [3.63, 3.8) is 0 Å². The maximum absolute atomic E-state index is 10.7. The number of hydrogen-bond donors (Lipinski definition) is 0. The fourth-order valence-corrected chi connectivity index (χ4v) is 2.05. The largest absolute Gasteiger partial charge is 0.377 e. The highest BCUT2D eigenvalue weighted by Gasteiger charge is 2.00. The topological polar surface area (TPSA) is 52.6 Å². The lowest BCUT2D eigenvalue weighted by Gasteiger charge is -2.04. The van der Waals surface area contributed by atoms with E-state index in [2.05, 4.69) is 4.18 Å². The molecule has 1 aromatic rings. The Morgan fingerprint density at radius 3 is 2.21 bits per heavy atom. The number of unbranched alkanes of at least 4 members (excludes halogenated alkanes) is 3. The van der Waals surface area contributed by atoms with E-state index in [1.807, 2.05) is 30.3 Å². The van der Waals surface area contributed by atoms with Gasteiger partial charge in [0.1, 0.15) is 0 Å². The van der Waals surface area contributed by atoms with Gasteiger partial charge in [-0.25, -0.2) is 0 Å². The molecule has 0 radical (unpaired) electrons. The summed E-state index contributed by atoms with van der Waals surface area (Å²) >= 11 is 0. The lowest BCUT2D eigenvalue weighted by atomic mass is 10.2. The molecule has 0 aliphatic carbocycles. The molecule has 0 atom stereocenters. The molecule has 0 bridgehead atoms. The quantitative estimate of drug-likeness (QED) is 0.490. The summed E-state index contributed by atoms with van der Waals surface area (Å²) in [6, 6.07) is 10.1. The average Bonchev–Trinajstić information content (AvgIpc) is 2.37. The normalized spacial score (nSPS) is 11.6. The third-order valence-electron chi connectivity index (χ3n) is 2.59. The van der Waals surface area contributed by atoms with E-state index < -0.39 is 10.1 Å². The van der Waals surface area contributed by atoms with Crippen molar-refractivity contribution in [2.75, 3.05) is 19.5 Å². The fourth-order valence-electron chi connectivity index (χ4n) is 1.63. The highest BCUT2D eigenvalue weighted by Crippen LogP contribution is 2.04. The summed E-state index contributed by atoms with van der Waals surface area (Å²) < 4.78 is 31.6. The molecule has 108 valence electrons. The minimum Gasteiger partial charge on any atom is -0.377 e. The second-order valence-electron chi connectivity index (χ2n) is 4.48. The lowest BCUT2D eigenvalue weighted by Crippen LogP contribution is -2.04. The first kappa shape index (κ1) is 16.1. The van der Waals surface area contributed by atoms with Crippen LogP contribution in [0.3, 0.4) is 0 Å². The van der Waals surface area contributed by atoms with Crippen LogP contribution in [0.25, 0.3) is 0 Å². The summed E-state index contributed by atoms with van der Waals surface area (Å²) in [5.41, 5.74) is 1.18. The van der Waals surface area contributed by atoms with E-state index in [-0.39, 0.29) is 6.61 Å². The zero-order valence-corrected chi connectivity index (χ0v) is 12.2. The van der Waals surface area contributed by atoms with Gasteiger partial charge in [0.15, 0.2) is 0 Å². The van der Waals surface area contributed by atoms with E-state index in [0.717, 1.165) is 38.5 Å². The van der Waals surface area contributed by atoms with Crippen molar-refractivity contribution in [3.8, 4) is 0 Å². The number of benzene rings is 1. The third kappa shape index (κ3) is 9.64. The molecule has 0 spiro atoms. The van der Waals surface area contributed by atoms with Gasteiger partial charge >= 0.3 is 0 Å². The number of hydrogen-bond acceptors (Lipinski definition) is 4. The van der Waals surface area contributed by atoms with Crippen LogP contribution in [0.15, 0.2) is 30.3 Å². The molecular formula is C14H22O4S. The van der Waals surface area contributed by atoms with E-state index in [0.29, 0.717) is 6.61 Å². The average molecular weight is 286 g/mol. The lowest BCUT2D eigenvalue weighted by molar-refractivity contribution is 0.116. The summed E-state index contributed by atoms with van der Waals surface area (Å²) in [6.45, 7) is 1.67. The van der Waals surface area contributed by atoms with Crippen molar-refractivity contribution in [1.82, 2.24) is 0 Å². The molecular weight excluding hydrogens is 264 g/mol. The minimum absolute atomic E-state index is 0.281. The zero-order chi connectivity index (χ0) is 14.0. The molecule has 1 aromatic carbocycles. The summed E-state index contributed by atoms with van der Waals surface area (Å²) in [4.78, 5) is 0. The van der Waals surface area contributed by atoms with Crippen molar-refractivity contribution in [3.05, 3.63) is 35.9 Å². The van der Waals surface area contributed by atoms with Gasteiger partial charge in [0.05, 0.1) is 19.5 Å². The van der Waals surface area contributed by atoms with Crippen LogP contribution in [0.2, 0.25) is 0 Å². The molecule has 4 nitrogen and oxygen atoms in total. The molecule has 0 saturated carbocycles. The van der Waals surface area contributed by atoms with Crippen molar-refractivity contribution in [2.45, 2.75) is 32.3 Å². The van der Waals surface area contributed by atoms with Crippen LogP contribution < -0.4 is 0 Å². The SMILES string of the molecule is CS(=O)(=O)OCCCCCCOCc1ccccc1. The van der Waals surface area contributed by atoms with Gasteiger partial charge in [0.25, 0.3) is 10.1 Å². The van der Waals surface area contributed by atoms with E-state index in [4.69, 9.17) is 4.74 Å². The van der Waals surface area contributed by atoms with Crippen LogP contribution in [0.5, 0.6) is 0 Å². The third-order valence-corrected chi connectivity index (χ3v) is 3.19. The first-order chi connectivity index (χ1) is 9.08. The Morgan fingerprint density at radius 1 is 0.947 bits per heavy atom. The molecule has 0 aromatic heterocycles. The van der Waals surface area contributed by atoms with Crippen LogP contribution >= 0.6 is 0 Å². The highest BCUT2D eigenvalue weighted by molar-refractivity contribution is 7.85. The maximum Gasteiger partial charge on any atom is 0.264 e. The van der Waals surface area contributed by atoms with E-state index in [1.165, 1.54) is 5.56 Å². The standard InChI is InChI=1S/C14H22O4S/c1-19(15,16)18-12-8-3-2-7-11-17-13-14-9-5-4-6-10-14/h4-6,9-10H,2-3,7-8,11-13H2,1H3. The Morgan fingerprint density at radius 2 is 1.58 bits per heavy atom. The van der Waals surface area contributed by atoms with Gasteiger partial charge < -0.3 is 4.74 Å². The van der Waals surface area contributed by atoms with Gasteiger partial charge in [-0.1, -0.05) is 43.2 Å². The predicted molar refractivity (Wildman–Crippen MR) is 75.4 cm³/mol. The van der Waals surface area contributed by atoms with Crippen LogP contribution in [-0.2, 0) is 25.6 Å². The summed E-state index contributed by atoms with van der Waals surface area (Å²) in [7, 11) is -3.28. The molecule has 0 aliphatic heterocycles. The van der Waals surface area contributed by atoms with Crippen LogP contribution in [0.1, 0.15) is 31.2 Å². The van der Waals surface area contributed by atoms with E-state index >= 15 is 0 Å². The molecule has 1 rings (SSSR count). The number of rotatable bonds is 10.